The van der Waals surface area contributed by atoms with E-state index in [4.69, 9.17) is 20.2 Å². The van der Waals surface area contributed by atoms with Crippen molar-refractivity contribution < 1.29 is 9.47 Å². The Kier molecular flexibility index (Phi) is 3.28. The SMILES string of the molecule is CC(C#N)Cn1c(-c2ccc(N)cc2)nc2cc3c(cc21)OCO3. The summed E-state index contributed by atoms with van der Waals surface area (Å²) < 4.78 is 13.0. The second kappa shape index (κ2) is 5.46. The van der Waals surface area contributed by atoms with Crippen molar-refractivity contribution in [2.45, 2.75) is 13.5 Å². The first-order chi connectivity index (χ1) is 11.7. The highest BCUT2D eigenvalue weighted by atomic mass is 16.7. The Morgan fingerprint density at radius 2 is 1.96 bits per heavy atom. The maximum absolute atomic E-state index is 9.21. The number of hydrogen-bond donors (Lipinski definition) is 1. The largest absolute Gasteiger partial charge is 0.454 e. The number of nitriles is 1. The first kappa shape index (κ1) is 14.4. The molecule has 6 heteroatoms. The maximum atomic E-state index is 9.21. The minimum Gasteiger partial charge on any atom is -0.454 e. The van der Waals surface area contributed by atoms with Gasteiger partial charge in [0.25, 0.3) is 0 Å². The van der Waals surface area contributed by atoms with Crippen molar-refractivity contribution in [2.75, 3.05) is 12.5 Å². The molecule has 1 aliphatic rings. The van der Waals surface area contributed by atoms with Crippen LogP contribution in [-0.2, 0) is 6.54 Å². The lowest BCUT2D eigenvalue weighted by Gasteiger charge is -2.11. The number of nitrogen functional groups attached to an aromatic ring is 1. The van der Waals surface area contributed by atoms with Gasteiger partial charge in [-0.25, -0.2) is 4.98 Å². The molecular weight excluding hydrogens is 304 g/mol. The van der Waals surface area contributed by atoms with Crippen LogP contribution in [0.2, 0.25) is 0 Å². The van der Waals surface area contributed by atoms with Gasteiger partial charge in [-0.05, 0) is 31.2 Å². The molecule has 0 fully saturated rings. The fraction of sp³-hybridized carbons (Fsp3) is 0.222. The zero-order valence-corrected chi connectivity index (χ0v) is 13.2. The summed E-state index contributed by atoms with van der Waals surface area (Å²) in [5.74, 6) is 2.07. The van der Waals surface area contributed by atoms with Crippen molar-refractivity contribution in [3.8, 4) is 29.0 Å². The summed E-state index contributed by atoms with van der Waals surface area (Å²) in [4.78, 5) is 4.75. The highest BCUT2D eigenvalue weighted by molar-refractivity contribution is 5.84. The van der Waals surface area contributed by atoms with E-state index in [0.29, 0.717) is 23.7 Å². The summed E-state index contributed by atoms with van der Waals surface area (Å²) in [6.07, 6.45) is 0. The third-order valence-electron chi connectivity index (χ3n) is 4.09. The van der Waals surface area contributed by atoms with Gasteiger partial charge in [-0.3, -0.25) is 0 Å². The van der Waals surface area contributed by atoms with E-state index in [0.717, 1.165) is 22.4 Å². The number of benzene rings is 2. The summed E-state index contributed by atoms with van der Waals surface area (Å²) >= 11 is 0. The number of aromatic nitrogens is 2. The van der Waals surface area contributed by atoms with Gasteiger partial charge in [-0.1, -0.05) is 0 Å². The molecule has 4 rings (SSSR count). The molecule has 0 spiro atoms. The predicted octanol–water partition coefficient (Wildman–Crippen LogP) is 3.17. The fourth-order valence-corrected chi connectivity index (χ4v) is 2.87. The zero-order chi connectivity index (χ0) is 16.7. The van der Waals surface area contributed by atoms with Crippen molar-refractivity contribution in [3.63, 3.8) is 0 Å². The molecule has 1 aromatic heterocycles. The average Bonchev–Trinajstić information content (AvgIpc) is 3.18. The van der Waals surface area contributed by atoms with Gasteiger partial charge in [0.15, 0.2) is 11.5 Å². The summed E-state index contributed by atoms with van der Waals surface area (Å²) in [6.45, 7) is 2.67. The molecule has 120 valence electrons. The molecule has 3 aromatic rings. The molecule has 24 heavy (non-hydrogen) atoms. The Morgan fingerprint density at radius 1 is 1.25 bits per heavy atom. The Labute approximate surface area is 139 Å². The molecule has 2 aromatic carbocycles. The highest BCUT2D eigenvalue weighted by Crippen LogP contribution is 2.37. The van der Waals surface area contributed by atoms with Crippen LogP contribution < -0.4 is 15.2 Å². The minimum absolute atomic E-state index is 0.139. The van der Waals surface area contributed by atoms with E-state index in [1.165, 1.54) is 0 Å². The van der Waals surface area contributed by atoms with Gasteiger partial charge in [-0.15, -0.1) is 0 Å². The lowest BCUT2D eigenvalue weighted by molar-refractivity contribution is 0.174. The van der Waals surface area contributed by atoms with Crippen LogP contribution in [0.4, 0.5) is 5.69 Å². The number of ether oxygens (including phenoxy) is 2. The molecule has 1 unspecified atom stereocenters. The summed E-state index contributed by atoms with van der Waals surface area (Å²) in [5, 5.41) is 9.21. The molecule has 0 saturated heterocycles. The molecule has 1 aliphatic heterocycles. The number of nitrogens with zero attached hydrogens (tertiary/aromatic N) is 3. The van der Waals surface area contributed by atoms with Crippen LogP contribution >= 0.6 is 0 Å². The van der Waals surface area contributed by atoms with Gasteiger partial charge >= 0.3 is 0 Å². The Hall–Kier alpha value is -3.20. The van der Waals surface area contributed by atoms with Crippen molar-refractivity contribution in [2.24, 2.45) is 5.92 Å². The second-order valence-corrected chi connectivity index (χ2v) is 5.89. The average molecular weight is 320 g/mol. The molecule has 0 aliphatic carbocycles. The standard InChI is InChI=1S/C18H16N4O2/c1-11(8-19)9-22-15-7-17-16(23-10-24-17)6-14(15)21-18(22)12-2-4-13(20)5-3-12/h2-7,11H,9-10,20H2,1H3. The monoisotopic (exact) mass is 320 g/mol. The molecule has 0 bridgehead atoms. The molecule has 1 atom stereocenters. The van der Waals surface area contributed by atoms with Gasteiger partial charge in [0.2, 0.25) is 6.79 Å². The molecule has 6 nitrogen and oxygen atoms in total. The van der Waals surface area contributed by atoms with Crippen molar-refractivity contribution in [1.29, 1.82) is 5.26 Å². The van der Waals surface area contributed by atoms with Crippen molar-refractivity contribution in [1.82, 2.24) is 9.55 Å². The van der Waals surface area contributed by atoms with Crippen LogP contribution in [0.25, 0.3) is 22.4 Å². The van der Waals surface area contributed by atoms with Crippen molar-refractivity contribution in [3.05, 3.63) is 36.4 Å². The molecule has 0 amide bonds. The Morgan fingerprint density at radius 3 is 2.67 bits per heavy atom. The number of nitrogens with two attached hydrogens (primary N) is 1. The summed E-state index contributed by atoms with van der Waals surface area (Å²) in [7, 11) is 0. The number of imidazole rings is 1. The van der Waals surface area contributed by atoms with Crippen LogP contribution in [0.3, 0.4) is 0 Å². The van der Waals surface area contributed by atoms with E-state index in [1.54, 1.807) is 0 Å². The smallest absolute Gasteiger partial charge is 0.231 e. The lowest BCUT2D eigenvalue weighted by Crippen LogP contribution is -2.07. The van der Waals surface area contributed by atoms with Crippen molar-refractivity contribution >= 4 is 16.7 Å². The Bertz CT molecular complexity index is 954. The molecule has 2 heterocycles. The molecule has 0 saturated carbocycles. The van der Waals surface area contributed by atoms with E-state index in [1.807, 2.05) is 43.3 Å². The molecular formula is C18H16N4O2. The fourth-order valence-electron chi connectivity index (χ4n) is 2.87. The summed E-state index contributed by atoms with van der Waals surface area (Å²) in [5.41, 5.74) is 9.18. The third kappa shape index (κ3) is 2.31. The number of rotatable bonds is 3. The van der Waals surface area contributed by atoms with Gasteiger partial charge in [0.1, 0.15) is 5.82 Å². The number of fused-ring (bicyclic) bond motifs is 2. The Balaban J connectivity index is 1.92. The van der Waals surface area contributed by atoms with E-state index in [2.05, 4.69) is 10.6 Å². The van der Waals surface area contributed by atoms with Crippen LogP contribution in [-0.4, -0.2) is 16.3 Å². The van der Waals surface area contributed by atoms with Gasteiger partial charge in [0.05, 0.1) is 23.0 Å². The molecule has 2 N–H and O–H groups in total. The van der Waals surface area contributed by atoms with Gasteiger partial charge < -0.3 is 19.8 Å². The van der Waals surface area contributed by atoms with Gasteiger partial charge in [-0.2, -0.15) is 5.26 Å². The third-order valence-corrected chi connectivity index (χ3v) is 4.09. The van der Waals surface area contributed by atoms with E-state index in [-0.39, 0.29) is 12.7 Å². The summed E-state index contributed by atoms with van der Waals surface area (Å²) in [6, 6.07) is 13.7. The molecule has 0 radical (unpaired) electrons. The predicted molar refractivity (Wildman–Crippen MR) is 90.5 cm³/mol. The quantitative estimate of drug-likeness (QED) is 0.749. The zero-order valence-electron chi connectivity index (χ0n) is 13.2. The maximum Gasteiger partial charge on any atom is 0.231 e. The van der Waals surface area contributed by atoms with E-state index in [9.17, 15) is 5.26 Å². The second-order valence-electron chi connectivity index (χ2n) is 5.89. The highest BCUT2D eigenvalue weighted by Gasteiger charge is 2.20. The first-order valence-corrected chi connectivity index (χ1v) is 7.71. The van der Waals surface area contributed by atoms with Crippen LogP contribution in [0, 0.1) is 17.2 Å². The topological polar surface area (TPSA) is 86.1 Å². The normalized spacial score (nSPS) is 13.8. The number of hydrogen-bond acceptors (Lipinski definition) is 5. The lowest BCUT2D eigenvalue weighted by atomic mass is 10.1. The van der Waals surface area contributed by atoms with Gasteiger partial charge in [0, 0.05) is 29.9 Å². The van der Waals surface area contributed by atoms with Crippen LogP contribution in [0.5, 0.6) is 11.5 Å². The minimum atomic E-state index is -0.139. The van der Waals surface area contributed by atoms with Crippen LogP contribution in [0.15, 0.2) is 36.4 Å². The van der Waals surface area contributed by atoms with E-state index >= 15 is 0 Å². The first-order valence-electron chi connectivity index (χ1n) is 7.71. The van der Waals surface area contributed by atoms with E-state index < -0.39 is 0 Å². The number of anilines is 1. The van der Waals surface area contributed by atoms with Crippen LogP contribution in [0.1, 0.15) is 6.92 Å².